The van der Waals surface area contributed by atoms with Gasteiger partial charge in [-0.15, -0.1) is 0 Å². The number of benzene rings is 2. The third kappa shape index (κ3) is 8.53. The Labute approximate surface area is 277 Å². The van der Waals surface area contributed by atoms with E-state index in [1.165, 1.54) is 0 Å². The van der Waals surface area contributed by atoms with Crippen LogP contribution in [-0.2, 0) is 0 Å². The van der Waals surface area contributed by atoms with E-state index in [2.05, 4.69) is 22.6 Å². The van der Waals surface area contributed by atoms with E-state index < -0.39 is 0 Å². The van der Waals surface area contributed by atoms with Gasteiger partial charge in [0.15, 0.2) is 0 Å². The van der Waals surface area contributed by atoms with Gasteiger partial charge in [0, 0.05) is 38.3 Å². The molecule has 0 radical (unpaired) electrons. The summed E-state index contributed by atoms with van der Waals surface area (Å²) in [7, 11) is 2.08. The highest BCUT2D eigenvalue weighted by Crippen LogP contribution is 2.38. The molecule has 47 heavy (non-hydrogen) atoms. The van der Waals surface area contributed by atoms with E-state index in [1.807, 2.05) is 81.1 Å². The minimum absolute atomic E-state index is 0.225. The van der Waals surface area contributed by atoms with Crippen molar-refractivity contribution in [3.05, 3.63) is 89.0 Å². The second-order valence-electron chi connectivity index (χ2n) is 13.5. The average Bonchev–Trinajstić information content (AvgIpc) is 3.03. The highest BCUT2D eigenvalue weighted by molar-refractivity contribution is 6.09. The molecule has 0 saturated carbocycles. The number of rotatable bonds is 6. The molecule has 2 amide bonds. The molecule has 1 aliphatic carbocycles. The first-order valence-corrected chi connectivity index (χ1v) is 16.2. The number of likely N-dealkylation sites (N-methyl/N-ethyl adjacent to an activating group) is 1. The Morgan fingerprint density at radius 3 is 2.32 bits per heavy atom. The van der Waals surface area contributed by atoms with Crippen molar-refractivity contribution in [2.24, 2.45) is 10.4 Å². The van der Waals surface area contributed by atoms with E-state index >= 15 is 0 Å². The number of carbonyl (C=O) groups is 1. The van der Waals surface area contributed by atoms with Gasteiger partial charge in [0.05, 0.1) is 17.9 Å². The maximum absolute atomic E-state index is 13.4. The van der Waals surface area contributed by atoms with Crippen molar-refractivity contribution in [3.8, 4) is 5.75 Å². The second kappa shape index (κ2) is 14.3. The van der Waals surface area contributed by atoms with Crippen LogP contribution in [0.1, 0.15) is 68.9 Å². The van der Waals surface area contributed by atoms with Crippen molar-refractivity contribution in [2.45, 2.75) is 59.1 Å². The Balaban J connectivity index is 1.29. The Morgan fingerprint density at radius 1 is 0.957 bits per heavy atom. The molecule has 0 spiro atoms. The summed E-state index contributed by atoms with van der Waals surface area (Å²) in [6.07, 6.45) is 3.03. The minimum Gasteiger partial charge on any atom is -0.484 e. The maximum atomic E-state index is 13.4. The lowest BCUT2D eigenvalue weighted by Gasteiger charge is -2.34. The van der Waals surface area contributed by atoms with Gasteiger partial charge in [0.2, 0.25) is 5.96 Å². The number of ether oxygens (including phenoxy) is 1. The van der Waals surface area contributed by atoms with Crippen molar-refractivity contribution in [1.29, 1.82) is 16.2 Å². The fraction of sp³-hybridized carbons (Fsp3) is 0.417. The van der Waals surface area contributed by atoms with Crippen LogP contribution in [0.5, 0.6) is 5.75 Å². The number of aromatic nitrogens is 1. The topological polar surface area (TPSA) is 146 Å². The third-order valence-electron chi connectivity index (χ3n) is 8.78. The van der Waals surface area contributed by atoms with Gasteiger partial charge in [-0.25, -0.2) is 9.79 Å². The number of urea groups is 1. The molecule has 2 aromatic carbocycles. The number of amides is 2. The van der Waals surface area contributed by atoms with Crippen LogP contribution in [0, 0.1) is 28.6 Å². The molecule has 1 aliphatic heterocycles. The summed E-state index contributed by atoms with van der Waals surface area (Å²) in [5.41, 5.74) is 4.16. The number of aliphatic imine (C=N–C) groups is 1. The van der Waals surface area contributed by atoms with Crippen molar-refractivity contribution >= 4 is 29.2 Å². The van der Waals surface area contributed by atoms with Crippen LogP contribution in [0.15, 0.2) is 71.9 Å². The molecule has 2 heterocycles. The Bertz CT molecular complexity index is 1700. The summed E-state index contributed by atoms with van der Waals surface area (Å²) in [6, 6.07) is 18.6. The highest BCUT2D eigenvalue weighted by atomic mass is 16.5. The molecule has 11 heteroatoms. The van der Waals surface area contributed by atoms with Gasteiger partial charge in [-0.3, -0.25) is 20.7 Å². The number of amidine groups is 1. The van der Waals surface area contributed by atoms with Crippen LogP contribution >= 0.6 is 0 Å². The number of carbonyl (C=O) groups excluding carboxylic acids is 1. The van der Waals surface area contributed by atoms with E-state index in [4.69, 9.17) is 26.0 Å². The summed E-state index contributed by atoms with van der Waals surface area (Å²) in [4.78, 5) is 22.3. The second-order valence-corrected chi connectivity index (χ2v) is 13.5. The van der Waals surface area contributed by atoms with Crippen LogP contribution in [0.25, 0.3) is 0 Å². The zero-order valence-electron chi connectivity index (χ0n) is 28.1. The van der Waals surface area contributed by atoms with Gasteiger partial charge < -0.3 is 25.3 Å². The molecule has 1 fully saturated rings. The molecule has 2 unspecified atom stereocenters. The molecule has 2 aliphatic rings. The van der Waals surface area contributed by atoms with Gasteiger partial charge >= 0.3 is 6.03 Å². The number of nitrogens with zero attached hydrogens (tertiary/aromatic N) is 4. The lowest BCUT2D eigenvalue weighted by molar-refractivity contribution is 0.170. The van der Waals surface area contributed by atoms with Crippen molar-refractivity contribution in [1.82, 2.24) is 25.0 Å². The molecule has 5 rings (SSSR count). The molecule has 3 aromatic rings. The van der Waals surface area contributed by atoms with Gasteiger partial charge in [0.25, 0.3) is 0 Å². The first-order valence-electron chi connectivity index (χ1n) is 16.2. The Kier molecular flexibility index (Phi) is 10.2. The van der Waals surface area contributed by atoms with E-state index in [1.54, 1.807) is 22.9 Å². The quantitative estimate of drug-likeness (QED) is 0.173. The van der Waals surface area contributed by atoms with E-state index in [0.29, 0.717) is 35.8 Å². The molecular formula is C36H47N9O2. The van der Waals surface area contributed by atoms with Crippen LogP contribution in [0.3, 0.4) is 0 Å². The predicted octanol–water partition coefficient (Wildman–Crippen LogP) is 5.75. The SMILES string of the molecule is Cc1ccc(N=C(CC(=N)C(C)(C)C)NC(=O)NC2CCC(Oc3ccc(=N)n(C(=N)N4CCN(C)CC4)c3)c3ccccc32)cc1. The van der Waals surface area contributed by atoms with E-state index in [9.17, 15) is 4.79 Å². The maximum Gasteiger partial charge on any atom is 0.320 e. The molecule has 5 N–H and O–H groups in total. The average molecular weight is 638 g/mol. The molecule has 2 atom stereocenters. The summed E-state index contributed by atoms with van der Waals surface area (Å²) >= 11 is 0. The molecule has 1 saturated heterocycles. The number of aryl methyl sites for hydroxylation is 1. The van der Waals surface area contributed by atoms with Crippen molar-refractivity contribution in [2.75, 3.05) is 33.2 Å². The van der Waals surface area contributed by atoms with Crippen LogP contribution in [0.4, 0.5) is 10.5 Å². The fourth-order valence-electron chi connectivity index (χ4n) is 5.73. The number of pyridine rings is 1. The Morgan fingerprint density at radius 2 is 1.64 bits per heavy atom. The largest absolute Gasteiger partial charge is 0.484 e. The molecule has 11 nitrogen and oxygen atoms in total. The zero-order chi connectivity index (χ0) is 33.7. The van der Waals surface area contributed by atoms with Crippen LogP contribution in [-0.4, -0.2) is 71.1 Å². The van der Waals surface area contributed by atoms with Crippen molar-refractivity contribution in [3.63, 3.8) is 0 Å². The standard InChI is InChI=1S/C36H47N9O2/c1-24-10-12-25(13-11-24)40-33(22-31(37)36(2,3)4)42-35(46)41-29-15-16-30(28-9-7-6-8-27(28)29)47-26-14-17-32(38)45(23-26)34(39)44-20-18-43(5)19-21-44/h6-14,17,23,29-30,37-39H,15-16,18-22H2,1-5H3,(H2,40,41,42,46). The first kappa shape index (κ1) is 33.6. The summed E-state index contributed by atoms with van der Waals surface area (Å²) < 4.78 is 8.07. The normalized spacial score (nSPS) is 18.7. The van der Waals surface area contributed by atoms with Crippen molar-refractivity contribution < 1.29 is 9.53 Å². The van der Waals surface area contributed by atoms with Gasteiger partial charge in [-0.2, -0.15) is 0 Å². The monoisotopic (exact) mass is 637 g/mol. The van der Waals surface area contributed by atoms with Crippen LogP contribution in [0.2, 0.25) is 0 Å². The number of fused-ring (bicyclic) bond motifs is 1. The highest BCUT2D eigenvalue weighted by Gasteiger charge is 2.30. The number of piperazine rings is 1. The Hall–Kier alpha value is -4.77. The molecule has 248 valence electrons. The van der Waals surface area contributed by atoms with Crippen LogP contribution < -0.4 is 20.9 Å². The zero-order valence-corrected chi connectivity index (χ0v) is 28.1. The third-order valence-corrected chi connectivity index (χ3v) is 8.78. The number of hydrogen-bond donors (Lipinski definition) is 5. The van der Waals surface area contributed by atoms with E-state index in [-0.39, 0.29) is 41.5 Å². The molecule has 0 bridgehead atoms. The smallest absolute Gasteiger partial charge is 0.320 e. The molecule has 1 aromatic heterocycles. The minimum atomic E-state index is -0.369. The molecular weight excluding hydrogens is 590 g/mol. The summed E-state index contributed by atoms with van der Waals surface area (Å²) in [6.45, 7) is 11.2. The number of hydrogen-bond acceptors (Lipinski definition) is 7. The van der Waals surface area contributed by atoms with Gasteiger partial charge in [0.1, 0.15) is 23.2 Å². The van der Waals surface area contributed by atoms with Gasteiger partial charge in [-0.1, -0.05) is 62.7 Å². The van der Waals surface area contributed by atoms with E-state index in [0.717, 1.165) is 42.9 Å². The summed E-state index contributed by atoms with van der Waals surface area (Å²) in [5.74, 6) is 1.28. The fourth-order valence-corrected chi connectivity index (χ4v) is 5.73. The predicted molar refractivity (Wildman–Crippen MR) is 186 cm³/mol. The lowest BCUT2D eigenvalue weighted by atomic mass is 9.85. The lowest BCUT2D eigenvalue weighted by Crippen LogP contribution is -2.50. The van der Waals surface area contributed by atoms with Gasteiger partial charge in [-0.05, 0) is 67.6 Å². The summed E-state index contributed by atoms with van der Waals surface area (Å²) in [5, 5.41) is 31.9. The first-order chi connectivity index (χ1) is 22.4. The number of nitrogens with one attached hydrogen (secondary N) is 5.